The zero-order valence-corrected chi connectivity index (χ0v) is 18.6. The lowest BCUT2D eigenvalue weighted by atomic mass is 10.1. The van der Waals surface area contributed by atoms with Crippen molar-refractivity contribution < 1.29 is 17.9 Å². The number of sulfonamides is 1. The van der Waals surface area contributed by atoms with Crippen LogP contribution in [-0.4, -0.2) is 45.9 Å². The maximum atomic E-state index is 13.0. The van der Waals surface area contributed by atoms with Gasteiger partial charge in [-0.25, -0.2) is 17.5 Å². The molecule has 1 fully saturated rings. The number of benzene rings is 2. The fourth-order valence-corrected chi connectivity index (χ4v) is 5.53. The summed E-state index contributed by atoms with van der Waals surface area (Å²) in [6.07, 6.45) is 2.10. The van der Waals surface area contributed by atoms with Crippen molar-refractivity contribution in [3.8, 4) is 0 Å². The first-order chi connectivity index (χ1) is 14.4. The first kappa shape index (κ1) is 20.8. The molecule has 3 aromatic rings. The Balaban J connectivity index is 1.65. The highest BCUT2D eigenvalue weighted by molar-refractivity contribution is 7.89. The van der Waals surface area contributed by atoms with Crippen LogP contribution < -0.4 is 4.90 Å². The van der Waals surface area contributed by atoms with E-state index in [1.165, 1.54) is 20.2 Å². The molecule has 8 heteroatoms. The third-order valence-corrected chi connectivity index (χ3v) is 8.16. The molecule has 0 saturated carbocycles. The van der Waals surface area contributed by atoms with Gasteiger partial charge in [0.05, 0.1) is 16.1 Å². The van der Waals surface area contributed by atoms with Crippen molar-refractivity contribution in [3.63, 3.8) is 0 Å². The van der Waals surface area contributed by atoms with Gasteiger partial charge in [-0.05, 0) is 47.9 Å². The Morgan fingerprint density at radius 2 is 1.87 bits per heavy atom. The summed E-state index contributed by atoms with van der Waals surface area (Å²) in [6.45, 7) is 1.83. The molecule has 0 spiro atoms. The average Bonchev–Trinajstić information content (AvgIpc) is 3.41. The number of ether oxygens (including phenoxy) is 1. The molecule has 4 rings (SSSR count). The van der Waals surface area contributed by atoms with E-state index in [-0.39, 0.29) is 11.5 Å². The number of hydrogen-bond acceptors (Lipinski definition) is 6. The van der Waals surface area contributed by atoms with Crippen molar-refractivity contribution in [3.05, 3.63) is 59.0 Å². The van der Waals surface area contributed by atoms with Crippen LogP contribution in [0.3, 0.4) is 0 Å². The molecule has 0 bridgehead atoms. The van der Waals surface area contributed by atoms with Crippen LogP contribution in [0.1, 0.15) is 28.8 Å². The van der Waals surface area contributed by atoms with Crippen molar-refractivity contribution in [2.45, 2.75) is 24.3 Å². The zero-order chi connectivity index (χ0) is 21.3. The average molecular weight is 445 g/mol. The van der Waals surface area contributed by atoms with Crippen molar-refractivity contribution >= 4 is 43.1 Å². The Kier molecular flexibility index (Phi) is 5.81. The maximum Gasteiger partial charge on any atom is 0.340 e. The van der Waals surface area contributed by atoms with Gasteiger partial charge in [0.1, 0.15) is 6.61 Å². The van der Waals surface area contributed by atoms with Gasteiger partial charge in [0, 0.05) is 37.4 Å². The zero-order valence-electron chi connectivity index (χ0n) is 17.0. The fraction of sp³-hybridized carbons (Fsp3) is 0.318. The van der Waals surface area contributed by atoms with Crippen LogP contribution in [0.5, 0.6) is 0 Å². The Labute approximate surface area is 180 Å². The predicted molar refractivity (Wildman–Crippen MR) is 120 cm³/mol. The highest BCUT2D eigenvalue weighted by Gasteiger charge is 2.25. The molecule has 0 radical (unpaired) electrons. The van der Waals surface area contributed by atoms with E-state index in [0.29, 0.717) is 5.56 Å². The first-order valence-electron chi connectivity index (χ1n) is 9.81. The van der Waals surface area contributed by atoms with Crippen LogP contribution in [-0.2, 0) is 21.4 Å². The lowest BCUT2D eigenvalue weighted by Crippen LogP contribution is -2.24. The van der Waals surface area contributed by atoms with Gasteiger partial charge < -0.3 is 9.64 Å². The molecule has 1 aliphatic heterocycles. The Morgan fingerprint density at radius 1 is 1.13 bits per heavy atom. The molecular weight excluding hydrogens is 420 g/mol. The summed E-state index contributed by atoms with van der Waals surface area (Å²) in [4.78, 5) is 15.2. The number of carbonyl (C=O) groups is 1. The van der Waals surface area contributed by atoms with Crippen LogP contribution in [0.25, 0.3) is 10.1 Å². The summed E-state index contributed by atoms with van der Waals surface area (Å²) < 4.78 is 33.1. The summed E-state index contributed by atoms with van der Waals surface area (Å²) in [5, 5.41) is 3.06. The van der Waals surface area contributed by atoms with Crippen LogP contribution in [0, 0.1) is 0 Å². The van der Waals surface area contributed by atoms with E-state index in [0.717, 1.165) is 51.6 Å². The van der Waals surface area contributed by atoms with E-state index < -0.39 is 16.0 Å². The van der Waals surface area contributed by atoms with Crippen molar-refractivity contribution in [1.82, 2.24) is 4.31 Å². The summed E-state index contributed by atoms with van der Waals surface area (Å²) in [6, 6.07) is 12.7. The van der Waals surface area contributed by atoms with Crippen LogP contribution in [0.15, 0.2) is 52.7 Å². The third kappa shape index (κ3) is 3.95. The summed E-state index contributed by atoms with van der Waals surface area (Å²) in [5.41, 5.74) is 1.97. The maximum absolute atomic E-state index is 13.0. The molecule has 0 aliphatic carbocycles. The molecule has 0 atom stereocenters. The number of thiophene rings is 1. The number of rotatable bonds is 6. The van der Waals surface area contributed by atoms with Crippen molar-refractivity contribution in [1.29, 1.82) is 0 Å². The molecule has 1 saturated heterocycles. The second kappa shape index (κ2) is 8.37. The van der Waals surface area contributed by atoms with Crippen molar-refractivity contribution in [2.75, 3.05) is 32.1 Å². The smallest absolute Gasteiger partial charge is 0.340 e. The SMILES string of the molecule is CN(C)S(=O)(=O)c1ccc(N2CCCC2)c(C(=O)OCc2csc3ccccc23)c1. The second-order valence-electron chi connectivity index (χ2n) is 7.49. The minimum absolute atomic E-state index is 0.0865. The van der Waals surface area contributed by atoms with E-state index in [4.69, 9.17) is 4.74 Å². The van der Waals surface area contributed by atoms with E-state index in [2.05, 4.69) is 4.90 Å². The molecule has 2 heterocycles. The Bertz CT molecular complexity index is 1180. The topological polar surface area (TPSA) is 66.9 Å². The lowest BCUT2D eigenvalue weighted by molar-refractivity contribution is 0.0475. The molecule has 2 aromatic carbocycles. The molecule has 1 aromatic heterocycles. The van der Waals surface area contributed by atoms with E-state index in [1.807, 2.05) is 29.6 Å². The summed E-state index contributed by atoms with van der Waals surface area (Å²) in [5.74, 6) is -0.511. The number of carbonyl (C=O) groups excluding carboxylic acids is 1. The van der Waals surface area contributed by atoms with Gasteiger partial charge in [-0.1, -0.05) is 18.2 Å². The van der Waals surface area contributed by atoms with Gasteiger partial charge in [0.2, 0.25) is 10.0 Å². The number of anilines is 1. The highest BCUT2D eigenvalue weighted by Crippen LogP contribution is 2.30. The predicted octanol–water partition coefficient (Wildman–Crippen LogP) is 4.11. The van der Waals surface area contributed by atoms with Gasteiger partial charge in [-0.15, -0.1) is 11.3 Å². The Morgan fingerprint density at radius 3 is 2.60 bits per heavy atom. The lowest BCUT2D eigenvalue weighted by Gasteiger charge is -2.22. The number of fused-ring (bicyclic) bond motifs is 1. The monoisotopic (exact) mass is 444 g/mol. The van der Waals surface area contributed by atoms with Crippen LogP contribution >= 0.6 is 11.3 Å². The summed E-state index contributed by atoms with van der Waals surface area (Å²) in [7, 11) is -0.700. The standard InChI is InChI=1S/C22H24N2O4S2/c1-23(2)30(26,27)17-9-10-20(24-11-5-6-12-24)19(13-17)22(25)28-14-16-15-29-21-8-4-3-7-18(16)21/h3-4,7-10,13,15H,5-6,11-12,14H2,1-2H3. The first-order valence-corrected chi connectivity index (χ1v) is 12.1. The van der Waals surface area contributed by atoms with Crippen LogP contribution in [0.4, 0.5) is 5.69 Å². The largest absolute Gasteiger partial charge is 0.457 e. The molecule has 6 nitrogen and oxygen atoms in total. The molecule has 0 N–H and O–H groups in total. The third-order valence-electron chi connectivity index (χ3n) is 5.33. The summed E-state index contributed by atoms with van der Waals surface area (Å²) >= 11 is 1.61. The van der Waals surface area contributed by atoms with E-state index in [9.17, 15) is 13.2 Å². The van der Waals surface area contributed by atoms with Gasteiger partial charge >= 0.3 is 5.97 Å². The quantitative estimate of drug-likeness (QED) is 0.536. The van der Waals surface area contributed by atoms with E-state index in [1.54, 1.807) is 23.5 Å². The Hall–Kier alpha value is -2.42. The minimum atomic E-state index is -3.65. The molecule has 0 unspecified atom stereocenters. The van der Waals surface area contributed by atoms with Crippen molar-refractivity contribution in [2.24, 2.45) is 0 Å². The molecule has 30 heavy (non-hydrogen) atoms. The molecule has 158 valence electrons. The minimum Gasteiger partial charge on any atom is -0.457 e. The molecule has 0 amide bonds. The molecule has 1 aliphatic rings. The van der Waals surface area contributed by atoms with Crippen LogP contribution in [0.2, 0.25) is 0 Å². The highest BCUT2D eigenvalue weighted by atomic mass is 32.2. The molecular formula is C22H24N2O4S2. The number of esters is 1. The normalized spacial score (nSPS) is 14.6. The van der Waals surface area contributed by atoms with Gasteiger partial charge in [0.25, 0.3) is 0 Å². The number of nitrogens with zero attached hydrogens (tertiary/aromatic N) is 2. The van der Waals surface area contributed by atoms with Gasteiger partial charge in [-0.2, -0.15) is 0 Å². The second-order valence-corrected chi connectivity index (χ2v) is 10.6. The van der Waals surface area contributed by atoms with Gasteiger partial charge in [0.15, 0.2) is 0 Å². The van der Waals surface area contributed by atoms with E-state index >= 15 is 0 Å². The number of hydrogen-bond donors (Lipinski definition) is 0. The fourth-order valence-electron chi connectivity index (χ4n) is 3.65. The van der Waals surface area contributed by atoms with Gasteiger partial charge in [-0.3, -0.25) is 0 Å².